The van der Waals surface area contributed by atoms with Gasteiger partial charge in [0.15, 0.2) is 24.8 Å². The average molecular weight is 785 g/mol. The van der Waals surface area contributed by atoms with Crippen LogP contribution in [0, 0.1) is 0 Å². The van der Waals surface area contributed by atoms with E-state index in [1.807, 2.05) is 93.6 Å². The molecule has 17 heteroatoms. The minimum absolute atomic E-state index is 0.417. The molecular formula is C34H36F12O3S2. The lowest BCUT2D eigenvalue weighted by Gasteiger charge is -2.34. The maximum absolute atomic E-state index is 15.4. The molecule has 0 amide bonds. The van der Waals surface area contributed by atoms with Crippen LogP contribution < -0.4 is 0 Å². The smallest absolute Gasteiger partial charge is 0.460 e. The molecule has 3 nitrogen and oxygen atoms in total. The number of halogens is 12. The van der Waals surface area contributed by atoms with E-state index in [0.29, 0.717) is 36.0 Å². The van der Waals surface area contributed by atoms with Gasteiger partial charge in [0.1, 0.15) is 29.4 Å². The molecule has 0 aliphatic heterocycles. The Kier molecular flexibility index (Phi) is 15.4. The molecule has 0 bridgehead atoms. The predicted octanol–water partition coefficient (Wildman–Crippen LogP) is 12.2. The minimum atomic E-state index is -7.43. The molecule has 0 saturated carbocycles. The van der Waals surface area contributed by atoms with Crippen LogP contribution in [0.4, 0.5) is 52.7 Å². The van der Waals surface area contributed by atoms with Crippen LogP contribution in [0.3, 0.4) is 0 Å². The van der Waals surface area contributed by atoms with Crippen molar-refractivity contribution in [2.75, 3.05) is 0 Å². The highest BCUT2D eigenvalue weighted by Crippen LogP contribution is 2.54. The van der Waals surface area contributed by atoms with Gasteiger partial charge in [-0.1, -0.05) is 94.6 Å². The van der Waals surface area contributed by atoms with Gasteiger partial charge < -0.3 is 4.55 Å². The number of hydrogen-bond donors (Lipinski definition) is 0. The first kappa shape index (κ1) is 44.2. The van der Waals surface area contributed by atoms with E-state index in [1.54, 1.807) is 0 Å². The fourth-order valence-corrected chi connectivity index (χ4v) is 7.97. The van der Waals surface area contributed by atoms with Crippen molar-refractivity contribution in [2.45, 2.75) is 116 Å². The Bertz CT molecular complexity index is 1530. The van der Waals surface area contributed by atoms with Crippen LogP contribution in [-0.4, -0.2) is 36.2 Å². The molecular weight excluding hydrogens is 748 g/mol. The zero-order valence-electron chi connectivity index (χ0n) is 27.5. The molecule has 286 valence electrons. The van der Waals surface area contributed by atoms with E-state index in [-0.39, 0.29) is 0 Å². The van der Waals surface area contributed by atoms with Gasteiger partial charge in [0.25, 0.3) is 0 Å². The summed E-state index contributed by atoms with van der Waals surface area (Å²) in [5.74, 6) is -14.8. The van der Waals surface area contributed by atoms with E-state index >= 15 is 13.2 Å². The van der Waals surface area contributed by atoms with Crippen LogP contribution in [-0.2, 0) is 21.0 Å². The van der Waals surface area contributed by atoms with E-state index in [0.717, 1.165) is 33.9 Å². The lowest BCUT2D eigenvalue weighted by Crippen LogP contribution is -2.63. The third kappa shape index (κ3) is 9.75. The van der Waals surface area contributed by atoms with Gasteiger partial charge in [0, 0.05) is 16.7 Å². The highest BCUT2D eigenvalue weighted by Gasteiger charge is 2.83. The summed E-state index contributed by atoms with van der Waals surface area (Å²) in [4.78, 5) is 2.45. The molecule has 3 unspecified atom stereocenters. The summed E-state index contributed by atoms with van der Waals surface area (Å²) in [5.41, 5.74) is 1.86. The monoisotopic (exact) mass is 784 g/mol. The van der Waals surface area contributed by atoms with Crippen molar-refractivity contribution in [1.82, 2.24) is 0 Å². The van der Waals surface area contributed by atoms with E-state index in [2.05, 4.69) is 0 Å². The van der Waals surface area contributed by atoms with Crippen LogP contribution in [0.2, 0.25) is 0 Å². The Morgan fingerprint density at radius 1 is 0.549 bits per heavy atom. The predicted molar refractivity (Wildman–Crippen MR) is 168 cm³/mol. The fourth-order valence-electron chi connectivity index (χ4n) is 4.88. The second-order valence-corrected chi connectivity index (χ2v) is 14.7. The molecule has 0 aromatic heterocycles. The van der Waals surface area contributed by atoms with Crippen molar-refractivity contribution >= 4 is 21.0 Å². The molecule has 0 spiro atoms. The van der Waals surface area contributed by atoms with Crippen molar-refractivity contribution in [1.29, 1.82) is 0 Å². The van der Waals surface area contributed by atoms with Gasteiger partial charge in [-0.25, -0.2) is 21.6 Å². The Morgan fingerprint density at radius 2 is 0.824 bits per heavy atom. The molecule has 3 aromatic carbocycles. The Hall–Kier alpha value is -2.92. The maximum Gasteiger partial charge on any atom is 0.460 e. The number of alkyl halides is 12. The van der Waals surface area contributed by atoms with Gasteiger partial charge in [-0.3, -0.25) is 0 Å². The van der Waals surface area contributed by atoms with Gasteiger partial charge >= 0.3 is 23.3 Å². The van der Waals surface area contributed by atoms with E-state index in [1.165, 1.54) is 0 Å². The highest BCUT2D eigenvalue weighted by molar-refractivity contribution is 7.97. The average Bonchev–Trinajstić information content (AvgIpc) is 3.05. The Labute approximate surface area is 291 Å². The van der Waals surface area contributed by atoms with Crippen molar-refractivity contribution in [3.8, 4) is 0 Å². The summed E-state index contributed by atoms with van der Waals surface area (Å²) in [6.07, 6.45) is -7.10. The molecule has 0 fully saturated rings. The van der Waals surface area contributed by atoms with Crippen LogP contribution >= 0.6 is 0 Å². The SMILES string of the molecule is CCCC(F)c1ccccc1[S+](c1ccccc1C(F)CCC)c1ccccc1C(F)CCC.O=S(=O)([O-])C(F)(F)C(F)(F)C(F)(F)C(F)(F)F. The zero-order chi connectivity index (χ0) is 39.0. The molecule has 0 aliphatic rings. The van der Waals surface area contributed by atoms with Crippen LogP contribution in [0.25, 0.3) is 0 Å². The summed E-state index contributed by atoms with van der Waals surface area (Å²) >= 11 is 0. The molecule has 0 radical (unpaired) electrons. The van der Waals surface area contributed by atoms with E-state index in [9.17, 15) is 52.5 Å². The van der Waals surface area contributed by atoms with Gasteiger partial charge in [-0.2, -0.15) is 39.5 Å². The minimum Gasteiger partial charge on any atom is -0.743 e. The second-order valence-electron chi connectivity index (χ2n) is 11.3. The second kappa shape index (κ2) is 17.7. The lowest BCUT2D eigenvalue weighted by molar-refractivity contribution is -0.382. The first-order valence-electron chi connectivity index (χ1n) is 15.6. The summed E-state index contributed by atoms with van der Waals surface area (Å²) in [5, 5.41) is -7.11. The molecule has 3 rings (SSSR count). The number of hydrogen-bond acceptors (Lipinski definition) is 3. The zero-order valence-corrected chi connectivity index (χ0v) is 29.1. The molecule has 0 N–H and O–H groups in total. The van der Waals surface area contributed by atoms with Crippen molar-refractivity contribution in [2.24, 2.45) is 0 Å². The van der Waals surface area contributed by atoms with E-state index in [4.69, 9.17) is 0 Å². The molecule has 3 atom stereocenters. The number of benzene rings is 3. The van der Waals surface area contributed by atoms with Gasteiger partial charge in [0.2, 0.25) is 0 Å². The fraction of sp³-hybridized carbons (Fsp3) is 0.471. The third-order valence-electron chi connectivity index (χ3n) is 7.49. The first-order valence-corrected chi connectivity index (χ1v) is 18.2. The molecule has 0 heterocycles. The third-order valence-corrected chi connectivity index (χ3v) is 10.8. The Balaban J connectivity index is 0.000000449. The normalized spacial score (nSPS) is 15.4. The Morgan fingerprint density at radius 3 is 1.06 bits per heavy atom. The topological polar surface area (TPSA) is 57.2 Å². The summed E-state index contributed by atoms with van der Waals surface area (Å²) in [6.45, 7) is 5.91. The summed E-state index contributed by atoms with van der Waals surface area (Å²) in [7, 11) is -8.26. The number of rotatable bonds is 15. The van der Waals surface area contributed by atoms with Crippen molar-refractivity contribution in [3.05, 3.63) is 89.5 Å². The molecule has 0 saturated heterocycles. The van der Waals surface area contributed by atoms with Gasteiger partial charge in [0.05, 0.1) is 0 Å². The largest absolute Gasteiger partial charge is 0.743 e. The first-order chi connectivity index (χ1) is 23.5. The van der Waals surface area contributed by atoms with Gasteiger partial charge in [-0.05, 0) is 37.5 Å². The van der Waals surface area contributed by atoms with Crippen LogP contribution in [0.15, 0.2) is 87.5 Å². The maximum atomic E-state index is 15.4. The van der Waals surface area contributed by atoms with E-state index < -0.39 is 62.8 Å². The highest BCUT2D eigenvalue weighted by atomic mass is 32.2. The van der Waals surface area contributed by atoms with Crippen LogP contribution in [0.5, 0.6) is 0 Å². The lowest BCUT2D eigenvalue weighted by atomic mass is 10.1. The summed E-state index contributed by atoms with van der Waals surface area (Å²) in [6, 6.07) is 22.6. The van der Waals surface area contributed by atoms with Crippen molar-refractivity contribution < 1.29 is 65.7 Å². The standard InChI is InChI=1S/C30H36F3S.C4HF9O3S/c1-4-13-25(31)22-16-7-10-19-28(22)34(29-20-11-8-17-23(29)26(32)14-5-2)30-21-12-9-18-24(30)27(33)15-6-3;5-1(6,3(9,10)11)2(7,8)4(12,13)17(14,15)16/h7-12,16-21,25-27H,4-6,13-15H2,1-3H3;(H,14,15,16)/q+1;/p-1. The summed E-state index contributed by atoms with van der Waals surface area (Å²) < 4.78 is 182. The van der Waals surface area contributed by atoms with Gasteiger partial charge in [-0.15, -0.1) is 0 Å². The molecule has 3 aromatic rings. The molecule has 51 heavy (non-hydrogen) atoms. The quantitative estimate of drug-likeness (QED) is 0.0876. The molecule has 0 aliphatic carbocycles. The van der Waals surface area contributed by atoms with Crippen LogP contribution in [0.1, 0.15) is 94.5 Å². The van der Waals surface area contributed by atoms with Crippen molar-refractivity contribution in [3.63, 3.8) is 0 Å².